The van der Waals surface area contributed by atoms with Crippen LogP contribution in [0.4, 0.5) is 5.69 Å². The molecule has 5 nitrogen and oxygen atoms in total. The van der Waals surface area contributed by atoms with Crippen LogP contribution in [0.3, 0.4) is 0 Å². The van der Waals surface area contributed by atoms with Crippen molar-refractivity contribution < 1.29 is 19.1 Å². The minimum Gasteiger partial charge on any atom is -0.461 e. The summed E-state index contributed by atoms with van der Waals surface area (Å²) in [6.45, 7) is 5.04. The number of anilines is 1. The fraction of sp³-hybridized carbons (Fsp3) is 0.429. The standard InChI is InChI=1S/C14H19NO4/c1-10(2)19-14(17)9-18-8-13(16)15-12-6-4-5-11(3)7-12/h4-7,10H,8-9H2,1-3H3,(H,15,16). The molecule has 1 N–H and O–H groups in total. The van der Waals surface area contributed by atoms with Crippen molar-refractivity contribution in [1.82, 2.24) is 0 Å². The molecule has 0 bridgehead atoms. The second-order valence-electron chi connectivity index (χ2n) is 4.45. The van der Waals surface area contributed by atoms with Crippen molar-refractivity contribution in [3.8, 4) is 0 Å². The zero-order chi connectivity index (χ0) is 14.3. The molecular formula is C14H19NO4. The summed E-state index contributed by atoms with van der Waals surface area (Å²) in [4.78, 5) is 22.7. The van der Waals surface area contributed by atoms with Crippen molar-refractivity contribution in [2.75, 3.05) is 18.5 Å². The lowest BCUT2D eigenvalue weighted by Gasteiger charge is -2.09. The van der Waals surface area contributed by atoms with Gasteiger partial charge in [-0.15, -0.1) is 0 Å². The van der Waals surface area contributed by atoms with Gasteiger partial charge in [-0.2, -0.15) is 0 Å². The van der Waals surface area contributed by atoms with Crippen LogP contribution in [0.25, 0.3) is 0 Å². The molecule has 0 spiro atoms. The zero-order valence-corrected chi connectivity index (χ0v) is 11.4. The molecule has 0 aromatic heterocycles. The van der Waals surface area contributed by atoms with E-state index in [0.29, 0.717) is 5.69 Å². The van der Waals surface area contributed by atoms with E-state index in [-0.39, 0.29) is 25.2 Å². The van der Waals surface area contributed by atoms with Gasteiger partial charge in [0.2, 0.25) is 5.91 Å². The molecule has 0 aliphatic heterocycles. The highest BCUT2D eigenvalue weighted by Crippen LogP contribution is 2.09. The number of nitrogens with one attached hydrogen (secondary N) is 1. The van der Waals surface area contributed by atoms with E-state index in [1.807, 2.05) is 25.1 Å². The van der Waals surface area contributed by atoms with Gasteiger partial charge < -0.3 is 14.8 Å². The van der Waals surface area contributed by atoms with Gasteiger partial charge in [0.1, 0.15) is 13.2 Å². The van der Waals surface area contributed by atoms with E-state index in [0.717, 1.165) is 5.56 Å². The van der Waals surface area contributed by atoms with E-state index in [4.69, 9.17) is 9.47 Å². The highest BCUT2D eigenvalue weighted by molar-refractivity contribution is 5.91. The van der Waals surface area contributed by atoms with Gasteiger partial charge in [-0.25, -0.2) is 4.79 Å². The van der Waals surface area contributed by atoms with Crippen molar-refractivity contribution >= 4 is 17.6 Å². The van der Waals surface area contributed by atoms with E-state index < -0.39 is 5.97 Å². The molecule has 0 unspecified atom stereocenters. The van der Waals surface area contributed by atoms with E-state index in [2.05, 4.69) is 5.32 Å². The molecule has 0 atom stereocenters. The van der Waals surface area contributed by atoms with Gasteiger partial charge in [0.15, 0.2) is 0 Å². The van der Waals surface area contributed by atoms with E-state index in [9.17, 15) is 9.59 Å². The Labute approximate surface area is 112 Å². The number of ether oxygens (including phenoxy) is 2. The van der Waals surface area contributed by atoms with E-state index in [1.165, 1.54) is 0 Å². The maximum Gasteiger partial charge on any atom is 0.332 e. The summed E-state index contributed by atoms with van der Waals surface area (Å²) in [5.74, 6) is -0.777. The number of hydrogen-bond acceptors (Lipinski definition) is 4. The number of rotatable bonds is 6. The van der Waals surface area contributed by atoms with Gasteiger partial charge in [0, 0.05) is 5.69 Å². The number of amides is 1. The molecule has 1 aromatic carbocycles. The average Bonchev–Trinajstić information content (AvgIpc) is 2.27. The molecule has 0 aliphatic carbocycles. The van der Waals surface area contributed by atoms with Crippen LogP contribution in [-0.4, -0.2) is 31.2 Å². The van der Waals surface area contributed by atoms with Gasteiger partial charge in [-0.3, -0.25) is 4.79 Å². The Balaban J connectivity index is 2.27. The lowest BCUT2D eigenvalue weighted by Crippen LogP contribution is -2.23. The van der Waals surface area contributed by atoms with Crippen molar-refractivity contribution in [2.24, 2.45) is 0 Å². The molecule has 1 rings (SSSR count). The number of benzene rings is 1. The fourth-order valence-electron chi connectivity index (χ4n) is 1.44. The van der Waals surface area contributed by atoms with Crippen LogP contribution in [0.2, 0.25) is 0 Å². The minimum atomic E-state index is -0.474. The van der Waals surface area contributed by atoms with Crippen molar-refractivity contribution in [3.63, 3.8) is 0 Å². The third kappa shape index (κ3) is 6.57. The van der Waals surface area contributed by atoms with Crippen LogP contribution >= 0.6 is 0 Å². The molecular weight excluding hydrogens is 246 g/mol. The molecule has 104 valence electrons. The van der Waals surface area contributed by atoms with Gasteiger partial charge in [0.05, 0.1) is 6.10 Å². The summed E-state index contributed by atoms with van der Waals surface area (Å²) < 4.78 is 9.84. The molecule has 0 radical (unpaired) electrons. The maximum absolute atomic E-state index is 11.5. The Morgan fingerprint density at radius 3 is 2.63 bits per heavy atom. The first-order valence-corrected chi connectivity index (χ1v) is 6.11. The van der Waals surface area contributed by atoms with Crippen LogP contribution in [0.5, 0.6) is 0 Å². The quantitative estimate of drug-likeness (QED) is 0.798. The summed E-state index contributed by atoms with van der Waals surface area (Å²) in [5.41, 5.74) is 1.76. The summed E-state index contributed by atoms with van der Waals surface area (Å²) in [5, 5.41) is 2.68. The minimum absolute atomic E-state index is 0.179. The zero-order valence-electron chi connectivity index (χ0n) is 11.4. The first-order chi connectivity index (χ1) is 8.97. The second-order valence-corrected chi connectivity index (χ2v) is 4.45. The third-order valence-electron chi connectivity index (χ3n) is 2.12. The van der Waals surface area contributed by atoms with Crippen molar-refractivity contribution in [2.45, 2.75) is 26.9 Å². The third-order valence-corrected chi connectivity index (χ3v) is 2.12. The first kappa shape index (κ1) is 15.2. The van der Waals surface area contributed by atoms with Crippen LogP contribution < -0.4 is 5.32 Å². The largest absolute Gasteiger partial charge is 0.461 e. The molecule has 19 heavy (non-hydrogen) atoms. The molecule has 1 aromatic rings. The van der Waals surface area contributed by atoms with E-state index >= 15 is 0 Å². The van der Waals surface area contributed by atoms with Gasteiger partial charge in [0.25, 0.3) is 0 Å². The monoisotopic (exact) mass is 265 g/mol. The molecule has 0 fully saturated rings. The second kappa shape index (κ2) is 7.53. The normalized spacial score (nSPS) is 10.3. The fourth-order valence-corrected chi connectivity index (χ4v) is 1.44. The Hall–Kier alpha value is -1.88. The van der Waals surface area contributed by atoms with Gasteiger partial charge in [-0.1, -0.05) is 12.1 Å². The smallest absolute Gasteiger partial charge is 0.332 e. The molecule has 0 saturated carbocycles. The highest BCUT2D eigenvalue weighted by atomic mass is 16.6. The predicted octanol–water partition coefficient (Wildman–Crippen LogP) is 1.90. The maximum atomic E-state index is 11.5. The predicted molar refractivity (Wildman–Crippen MR) is 71.9 cm³/mol. The summed E-state index contributed by atoms with van der Waals surface area (Å²) in [6.07, 6.45) is -0.183. The highest BCUT2D eigenvalue weighted by Gasteiger charge is 2.08. The van der Waals surface area contributed by atoms with Crippen molar-refractivity contribution in [3.05, 3.63) is 29.8 Å². The topological polar surface area (TPSA) is 64.6 Å². The van der Waals surface area contributed by atoms with Crippen molar-refractivity contribution in [1.29, 1.82) is 0 Å². The van der Waals surface area contributed by atoms with Crippen LogP contribution in [0.15, 0.2) is 24.3 Å². The van der Waals surface area contributed by atoms with Crippen LogP contribution in [0, 0.1) is 6.92 Å². The SMILES string of the molecule is Cc1cccc(NC(=O)COCC(=O)OC(C)C)c1. The summed E-state index contributed by atoms with van der Waals surface area (Å²) >= 11 is 0. The number of esters is 1. The average molecular weight is 265 g/mol. The Kier molecular flexibility index (Phi) is 6.02. The lowest BCUT2D eigenvalue weighted by molar-refractivity contribution is -0.153. The molecule has 0 heterocycles. The first-order valence-electron chi connectivity index (χ1n) is 6.11. The number of carbonyl (C=O) groups excluding carboxylic acids is 2. The molecule has 0 saturated heterocycles. The van der Waals surface area contributed by atoms with Gasteiger partial charge in [-0.05, 0) is 38.5 Å². The number of carbonyl (C=O) groups is 2. The Morgan fingerprint density at radius 2 is 2.00 bits per heavy atom. The molecule has 1 amide bonds. The van der Waals surface area contributed by atoms with Gasteiger partial charge >= 0.3 is 5.97 Å². The molecule has 0 aliphatic rings. The number of hydrogen-bond donors (Lipinski definition) is 1. The number of aryl methyl sites for hydroxylation is 1. The van der Waals surface area contributed by atoms with Crippen LogP contribution in [0.1, 0.15) is 19.4 Å². The van der Waals surface area contributed by atoms with Crippen LogP contribution in [-0.2, 0) is 19.1 Å². The summed E-state index contributed by atoms with van der Waals surface area (Å²) in [6, 6.07) is 7.43. The van der Waals surface area contributed by atoms with E-state index in [1.54, 1.807) is 19.9 Å². The molecule has 5 heteroatoms. The lowest BCUT2D eigenvalue weighted by atomic mass is 10.2. The summed E-state index contributed by atoms with van der Waals surface area (Å²) in [7, 11) is 0. The Morgan fingerprint density at radius 1 is 1.26 bits per heavy atom. The Bertz CT molecular complexity index is 443.